The Morgan fingerprint density at radius 3 is 1.86 bits per heavy atom. The molecule has 0 aromatic carbocycles. The average molecular weight is 199 g/mol. The van der Waals surface area contributed by atoms with Gasteiger partial charge >= 0.3 is 0 Å². The quantitative estimate of drug-likeness (QED) is 0.657. The molecule has 0 radical (unpaired) electrons. The van der Waals surface area contributed by atoms with E-state index in [0.29, 0.717) is 12.1 Å². The van der Waals surface area contributed by atoms with E-state index >= 15 is 0 Å². The first-order valence-corrected chi connectivity index (χ1v) is 6.23. The molecule has 86 valence electrons. The summed E-state index contributed by atoms with van der Waals surface area (Å²) in [5.74, 6) is 1.58. The van der Waals surface area contributed by atoms with Crippen molar-refractivity contribution in [2.24, 2.45) is 11.8 Å². The van der Waals surface area contributed by atoms with Gasteiger partial charge < -0.3 is 5.32 Å². The molecule has 2 unspecified atom stereocenters. The molecule has 0 rings (SSSR count). The molecule has 0 aliphatic carbocycles. The van der Waals surface area contributed by atoms with E-state index in [4.69, 9.17) is 0 Å². The lowest BCUT2D eigenvalue weighted by Crippen LogP contribution is -2.39. The van der Waals surface area contributed by atoms with Crippen LogP contribution in [0.5, 0.6) is 0 Å². The summed E-state index contributed by atoms with van der Waals surface area (Å²) >= 11 is 0. The monoisotopic (exact) mass is 199 g/mol. The maximum Gasteiger partial charge on any atom is 0.00899 e. The smallest absolute Gasteiger partial charge is 0.00899 e. The highest BCUT2D eigenvalue weighted by molar-refractivity contribution is 4.73. The molecular formula is C13H29N. The predicted octanol–water partition coefficient (Wildman–Crippen LogP) is 3.84. The van der Waals surface area contributed by atoms with Gasteiger partial charge in [0.1, 0.15) is 0 Å². The van der Waals surface area contributed by atoms with Gasteiger partial charge in [0, 0.05) is 12.1 Å². The Balaban J connectivity index is 3.73. The van der Waals surface area contributed by atoms with Crippen LogP contribution >= 0.6 is 0 Å². The highest BCUT2D eigenvalue weighted by Crippen LogP contribution is 2.11. The normalized spacial score (nSPS) is 16.3. The standard InChI is InChI=1S/C13H29N/c1-7-13(11(4)5)14-12(6)9-8-10(2)3/h10-14H,7-9H2,1-6H3. The molecule has 2 atom stereocenters. The highest BCUT2D eigenvalue weighted by atomic mass is 14.9. The number of hydrogen-bond donors (Lipinski definition) is 1. The van der Waals surface area contributed by atoms with Crippen LogP contribution in [-0.4, -0.2) is 12.1 Å². The maximum atomic E-state index is 3.72. The van der Waals surface area contributed by atoms with Crippen LogP contribution in [0, 0.1) is 11.8 Å². The van der Waals surface area contributed by atoms with Gasteiger partial charge in [-0.15, -0.1) is 0 Å². The number of hydrogen-bond acceptors (Lipinski definition) is 1. The molecular weight excluding hydrogens is 170 g/mol. The zero-order chi connectivity index (χ0) is 11.1. The molecule has 14 heavy (non-hydrogen) atoms. The van der Waals surface area contributed by atoms with Gasteiger partial charge in [0.2, 0.25) is 0 Å². The average Bonchev–Trinajstić information content (AvgIpc) is 2.10. The van der Waals surface area contributed by atoms with Gasteiger partial charge in [-0.2, -0.15) is 0 Å². The van der Waals surface area contributed by atoms with Gasteiger partial charge in [-0.25, -0.2) is 0 Å². The highest BCUT2D eigenvalue weighted by Gasteiger charge is 2.13. The summed E-state index contributed by atoms with van der Waals surface area (Å²) in [6.45, 7) is 13.8. The van der Waals surface area contributed by atoms with Crippen molar-refractivity contribution < 1.29 is 0 Å². The van der Waals surface area contributed by atoms with Crippen LogP contribution in [0.2, 0.25) is 0 Å². The van der Waals surface area contributed by atoms with Gasteiger partial charge in [-0.3, -0.25) is 0 Å². The van der Waals surface area contributed by atoms with Gasteiger partial charge in [0.25, 0.3) is 0 Å². The third-order valence-electron chi connectivity index (χ3n) is 2.92. The van der Waals surface area contributed by atoms with Gasteiger partial charge in [0.05, 0.1) is 0 Å². The number of nitrogens with one attached hydrogen (secondary N) is 1. The SMILES string of the molecule is CCC(NC(C)CCC(C)C)C(C)C. The molecule has 0 fully saturated rings. The summed E-state index contributed by atoms with van der Waals surface area (Å²) in [4.78, 5) is 0. The van der Waals surface area contributed by atoms with Crippen LogP contribution in [-0.2, 0) is 0 Å². The minimum atomic E-state index is 0.671. The van der Waals surface area contributed by atoms with Crippen molar-refractivity contribution in [3.05, 3.63) is 0 Å². The Morgan fingerprint density at radius 1 is 0.929 bits per heavy atom. The molecule has 1 N–H and O–H groups in total. The Morgan fingerprint density at radius 2 is 1.50 bits per heavy atom. The third-order valence-corrected chi connectivity index (χ3v) is 2.92. The van der Waals surface area contributed by atoms with E-state index in [1.807, 2.05) is 0 Å². The lowest BCUT2D eigenvalue weighted by molar-refractivity contribution is 0.332. The van der Waals surface area contributed by atoms with E-state index in [0.717, 1.165) is 11.8 Å². The van der Waals surface area contributed by atoms with Crippen LogP contribution in [0.3, 0.4) is 0 Å². The molecule has 0 aliphatic heterocycles. The fourth-order valence-corrected chi connectivity index (χ4v) is 1.81. The minimum absolute atomic E-state index is 0.671. The molecule has 0 amide bonds. The first-order chi connectivity index (χ1) is 6.47. The molecule has 0 spiro atoms. The largest absolute Gasteiger partial charge is 0.311 e. The Bertz CT molecular complexity index is 129. The fourth-order valence-electron chi connectivity index (χ4n) is 1.81. The third kappa shape index (κ3) is 6.42. The molecule has 1 heteroatoms. The fraction of sp³-hybridized carbons (Fsp3) is 1.00. The second kappa shape index (κ2) is 7.28. The summed E-state index contributed by atoms with van der Waals surface area (Å²) in [5, 5.41) is 3.72. The van der Waals surface area contributed by atoms with E-state index in [1.165, 1.54) is 19.3 Å². The summed E-state index contributed by atoms with van der Waals surface area (Å²) in [5.41, 5.74) is 0. The first-order valence-electron chi connectivity index (χ1n) is 6.23. The summed E-state index contributed by atoms with van der Waals surface area (Å²) < 4.78 is 0. The van der Waals surface area contributed by atoms with Crippen molar-refractivity contribution in [3.8, 4) is 0 Å². The van der Waals surface area contributed by atoms with Crippen molar-refractivity contribution in [3.63, 3.8) is 0 Å². The lowest BCUT2D eigenvalue weighted by Gasteiger charge is -2.25. The van der Waals surface area contributed by atoms with Crippen LogP contribution in [0.15, 0.2) is 0 Å². The van der Waals surface area contributed by atoms with Crippen molar-refractivity contribution in [1.82, 2.24) is 5.32 Å². The minimum Gasteiger partial charge on any atom is -0.311 e. The molecule has 0 saturated carbocycles. The second-order valence-electron chi connectivity index (χ2n) is 5.30. The molecule has 1 nitrogen and oxygen atoms in total. The van der Waals surface area contributed by atoms with Crippen LogP contribution in [0.1, 0.15) is 60.8 Å². The van der Waals surface area contributed by atoms with E-state index in [-0.39, 0.29) is 0 Å². The van der Waals surface area contributed by atoms with Gasteiger partial charge in [0.15, 0.2) is 0 Å². The second-order valence-corrected chi connectivity index (χ2v) is 5.30. The predicted molar refractivity (Wildman–Crippen MR) is 65.6 cm³/mol. The Hall–Kier alpha value is -0.0400. The maximum absolute atomic E-state index is 3.72. The first kappa shape index (κ1) is 14.0. The van der Waals surface area contributed by atoms with Gasteiger partial charge in [-0.1, -0.05) is 34.6 Å². The van der Waals surface area contributed by atoms with Crippen LogP contribution < -0.4 is 5.32 Å². The van der Waals surface area contributed by atoms with E-state index in [9.17, 15) is 0 Å². The molecule has 0 aromatic heterocycles. The van der Waals surface area contributed by atoms with E-state index < -0.39 is 0 Å². The zero-order valence-corrected chi connectivity index (χ0v) is 10.9. The number of rotatable bonds is 7. The molecule has 0 aromatic rings. The van der Waals surface area contributed by atoms with Crippen molar-refractivity contribution in [2.75, 3.05) is 0 Å². The molecule has 0 saturated heterocycles. The van der Waals surface area contributed by atoms with E-state index in [1.54, 1.807) is 0 Å². The van der Waals surface area contributed by atoms with Crippen LogP contribution in [0.25, 0.3) is 0 Å². The van der Waals surface area contributed by atoms with Crippen molar-refractivity contribution >= 4 is 0 Å². The Kier molecular flexibility index (Phi) is 7.26. The topological polar surface area (TPSA) is 12.0 Å². The van der Waals surface area contributed by atoms with Crippen molar-refractivity contribution in [1.29, 1.82) is 0 Å². The molecule has 0 aliphatic rings. The summed E-state index contributed by atoms with van der Waals surface area (Å²) in [6.07, 6.45) is 3.88. The van der Waals surface area contributed by atoms with Crippen molar-refractivity contribution in [2.45, 2.75) is 72.9 Å². The van der Waals surface area contributed by atoms with E-state index in [2.05, 4.69) is 46.9 Å². The summed E-state index contributed by atoms with van der Waals surface area (Å²) in [6, 6.07) is 1.36. The molecule has 0 bridgehead atoms. The zero-order valence-electron chi connectivity index (χ0n) is 10.9. The lowest BCUT2D eigenvalue weighted by atomic mass is 9.98. The van der Waals surface area contributed by atoms with Crippen LogP contribution in [0.4, 0.5) is 0 Å². The summed E-state index contributed by atoms with van der Waals surface area (Å²) in [7, 11) is 0. The molecule has 0 heterocycles. The Labute approximate surface area is 90.7 Å². The van der Waals surface area contributed by atoms with Gasteiger partial charge in [-0.05, 0) is 38.0 Å².